The summed E-state index contributed by atoms with van der Waals surface area (Å²) in [4.78, 5) is 27.1. The van der Waals surface area contributed by atoms with Crippen LogP contribution in [-0.2, 0) is 4.79 Å². The molecule has 0 spiro atoms. The molecule has 5 N–H and O–H groups in total. The molecule has 0 bridgehead atoms. The van der Waals surface area contributed by atoms with Crippen molar-refractivity contribution < 1.29 is 32.6 Å². The van der Waals surface area contributed by atoms with E-state index in [4.69, 9.17) is 25.5 Å². The van der Waals surface area contributed by atoms with E-state index in [1.54, 1.807) is 0 Å². The van der Waals surface area contributed by atoms with Crippen LogP contribution in [0.2, 0.25) is 0 Å². The second-order valence-corrected chi connectivity index (χ2v) is 13.3. The van der Waals surface area contributed by atoms with Crippen LogP contribution in [0.5, 0.6) is 11.5 Å². The van der Waals surface area contributed by atoms with E-state index in [9.17, 15) is 18.0 Å². The summed E-state index contributed by atoms with van der Waals surface area (Å²) in [6.45, 7) is 9.27. The summed E-state index contributed by atoms with van der Waals surface area (Å²) >= 11 is 0. The number of alkyl halides is 3. The van der Waals surface area contributed by atoms with Crippen LogP contribution >= 0.6 is 0 Å². The predicted octanol–water partition coefficient (Wildman–Crippen LogP) is 4.83. The molecule has 49 heavy (non-hydrogen) atoms. The van der Waals surface area contributed by atoms with Crippen LogP contribution in [0.4, 0.5) is 19.0 Å². The number of nitrogens with zero attached hydrogens (tertiary/aromatic N) is 4. The lowest BCUT2D eigenvalue weighted by molar-refractivity contribution is -0.192. The standard InChI is InChI=1S/C33H43N7O2.C2HF3O2/c34-32(41)30-31(25-6-8-28(9-7-25)42-27-4-2-1-3-5-27)37-40-29(10-15-36-33(30)40)24-11-18-39(19-12-24)26-13-16-38(17-14-26)22-23-20-35-21-23;3-2(4,5)1(6)7/h1-9,23-24,26,29,35-36H,10-22H2,(H2,34,41);(H,6,7)/t29-;/m0./s1. The number of ether oxygens (including phenoxy) is 1. The Balaban J connectivity index is 0.000000540. The third kappa shape index (κ3) is 8.36. The summed E-state index contributed by atoms with van der Waals surface area (Å²) in [5.41, 5.74) is 7.94. The van der Waals surface area contributed by atoms with Gasteiger partial charge in [0.25, 0.3) is 5.91 Å². The number of carbonyl (C=O) groups excluding carboxylic acids is 1. The molecule has 4 aliphatic heterocycles. The van der Waals surface area contributed by atoms with E-state index >= 15 is 0 Å². The summed E-state index contributed by atoms with van der Waals surface area (Å²) in [5.74, 6) is 0.493. The monoisotopic (exact) mass is 683 g/mol. The van der Waals surface area contributed by atoms with Gasteiger partial charge in [0.2, 0.25) is 0 Å². The van der Waals surface area contributed by atoms with Crippen molar-refractivity contribution in [2.45, 2.75) is 50.4 Å². The summed E-state index contributed by atoms with van der Waals surface area (Å²) < 4.78 is 39.8. The number of carbonyl (C=O) groups is 2. The number of anilines is 1. The number of rotatable bonds is 8. The van der Waals surface area contributed by atoms with Crippen molar-refractivity contribution in [2.24, 2.45) is 17.6 Å². The van der Waals surface area contributed by atoms with Crippen LogP contribution in [-0.4, -0.2) is 101 Å². The lowest BCUT2D eigenvalue weighted by Crippen LogP contribution is -2.52. The highest BCUT2D eigenvalue weighted by molar-refractivity contribution is 6.03. The van der Waals surface area contributed by atoms with E-state index in [-0.39, 0.29) is 6.04 Å². The number of nitrogens with two attached hydrogens (primary N) is 1. The van der Waals surface area contributed by atoms with Gasteiger partial charge in [-0.1, -0.05) is 18.2 Å². The molecule has 0 saturated carbocycles. The molecule has 0 radical (unpaired) electrons. The molecule has 4 aliphatic rings. The SMILES string of the molecule is NC(=O)c1c(-c2ccc(Oc3ccccc3)cc2)nn2c1NCC[C@H]2C1CCN(C2CCN(CC3CNC3)CC2)CC1.O=C(O)C(F)(F)F. The Morgan fingerprint density at radius 2 is 1.55 bits per heavy atom. The molecule has 264 valence electrons. The second-order valence-electron chi connectivity index (χ2n) is 13.3. The zero-order valence-electron chi connectivity index (χ0n) is 27.4. The predicted molar refractivity (Wildman–Crippen MR) is 179 cm³/mol. The van der Waals surface area contributed by atoms with Gasteiger partial charge in [0.15, 0.2) is 0 Å². The van der Waals surface area contributed by atoms with Crippen LogP contribution in [0.1, 0.15) is 48.5 Å². The first-order valence-electron chi connectivity index (χ1n) is 17.0. The molecule has 5 heterocycles. The average molecular weight is 684 g/mol. The number of aromatic nitrogens is 2. The molecule has 3 aromatic rings. The zero-order valence-corrected chi connectivity index (χ0v) is 27.4. The maximum Gasteiger partial charge on any atom is 0.490 e. The number of carboxylic acid groups (broad SMARTS) is 1. The summed E-state index contributed by atoms with van der Waals surface area (Å²) in [7, 11) is 0. The Hall–Kier alpha value is -4.14. The highest BCUT2D eigenvalue weighted by Crippen LogP contribution is 2.40. The molecular weight excluding hydrogens is 639 g/mol. The molecule has 2 aromatic carbocycles. The minimum absolute atomic E-state index is 0.272. The van der Waals surface area contributed by atoms with Gasteiger partial charge >= 0.3 is 12.1 Å². The van der Waals surface area contributed by atoms with Crippen LogP contribution in [0.15, 0.2) is 54.6 Å². The lowest BCUT2D eigenvalue weighted by atomic mass is 9.85. The molecule has 11 nitrogen and oxygen atoms in total. The fourth-order valence-corrected chi connectivity index (χ4v) is 7.46. The van der Waals surface area contributed by atoms with Crippen molar-refractivity contribution in [1.82, 2.24) is 24.9 Å². The van der Waals surface area contributed by atoms with E-state index in [2.05, 4.69) is 25.1 Å². The molecule has 14 heteroatoms. The van der Waals surface area contributed by atoms with Crippen LogP contribution < -0.4 is 21.1 Å². The van der Waals surface area contributed by atoms with Gasteiger partial charge in [-0.3, -0.25) is 4.79 Å². The zero-order chi connectivity index (χ0) is 34.5. The number of hydrogen-bond acceptors (Lipinski definition) is 8. The van der Waals surface area contributed by atoms with Crippen LogP contribution in [0.25, 0.3) is 11.3 Å². The minimum Gasteiger partial charge on any atom is -0.475 e. The lowest BCUT2D eigenvalue weighted by Gasteiger charge is -2.44. The Bertz CT molecular complexity index is 1560. The maximum absolute atomic E-state index is 12.7. The molecule has 0 aliphatic carbocycles. The topological polar surface area (TPSA) is 138 Å². The number of nitrogens with one attached hydrogen (secondary N) is 2. The van der Waals surface area contributed by atoms with Crippen LogP contribution in [0, 0.1) is 11.8 Å². The van der Waals surface area contributed by atoms with E-state index in [0.29, 0.717) is 17.2 Å². The molecule has 3 fully saturated rings. The molecule has 1 aromatic heterocycles. The molecule has 3 saturated heterocycles. The van der Waals surface area contributed by atoms with Gasteiger partial charge in [0, 0.05) is 37.8 Å². The van der Waals surface area contributed by atoms with E-state index in [0.717, 1.165) is 60.9 Å². The quantitative estimate of drug-likeness (QED) is 0.263. The molecule has 1 amide bonds. The third-order valence-corrected chi connectivity index (χ3v) is 10.1. The normalized spacial score (nSPS) is 21.1. The minimum atomic E-state index is -5.08. The van der Waals surface area contributed by atoms with Gasteiger partial charge in [-0.15, -0.1) is 0 Å². The van der Waals surface area contributed by atoms with Gasteiger partial charge in [-0.2, -0.15) is 18.3 Å². The number of benzene rings is 2. The van der Waals surface area contributed by atoms with Crippen molar-refractivity contribution in [3.05, 3.63) is 60.2 Å². The smallest absolute Gasteiger partial charge is 0.475 e. The summed E-state index contributed by atoms with van der Waals surface area (Å²) in [6, 6.07) is 18.5. The number of fused-ring (bicyclic) bond motifs is 1. The highest BCUT2D eigenvalue weighted by Gasteiger charge is 2.39. The molecular formula is C35H44F3N7O4. The number of halogens is 3. The first kappa shape index (κ1) is 34.7. The molecule has 7 rings (SSSR count). The summed E-state index contributed by atoms with van der Waals surface area (Å²) in [5, 5.41) is 19.0. The van der Waals surface area contributed by atoms with Crippen molar-refractivity contribution in [2.75, 3.05) is 57.7 Å². The Kier molecular flexibility index (Phi) is 10.8. The number of aliphatic carboxylic acids is 1. The number of piperidine rings is 2. The fraction of sp³-hybridized carbons (Fsp3) is 0.514. The number of para-hydroxylation sites is 1. The van der Waals surface area contributed by atoms with Crippen molar-refractivity contribution in [3.63, 3.8) is 0 Å². The first-order chi connectivity index (χ1) is 23.6. The summed E-state index contributed by atoms with van der Waals surface area (Å²) in [6.07, 6.45) is 0.856. The Morgan fingerprint density at radius 3 is 2.12 bits per heavy atom. The van der Waals surface area contributed by atoms with Gasteiger partial charge < -0.3 is 36.0 Å². The Morgan fingerprint density at radius 1 is 0.918 bits per heavy atom. The molecule has 1 atom stereocenters. The van der Waals surface area contributed by atoms with Gasteiger partial charge in [-0.05, 0) is 107 Å². The third-order valence-electron chi connectivity index (χ3n) is 10.1. The number of primary amides is 1. The van der Waals surface area contributed by atoms with Gasteiger partial charge in [-0.25, -0.2) is 9.48 Å². The number of carboxylic acids is 1. The van der Waals surface area contributed by atoms with Crippen molar-refractivity contribution in [3.8, 4) is 22.8 Å². The maximum atomic E-state index is 12.7. The second kappa shape index (κ2) is 15.2. The van der Waals surface area contributed by atoms with E-state index < -0.39 is 18.1 Å². The van der Waals surface area contributed by atoms with Gasteiger partial charge in [0.05, 0.1) is 6.04 Å². The van der Waals surface area contributed by atoms with Gasteiger partial charge in [0.1, 0.15) is 28.6 Å². The first-order valence-corrected chi connectivity index (χ1v) is 17.0. The highest BCUT2D eigenvalue weighted by atomic mass is 19.4. The Labute approximate surface area is 283 Å². The molecule has 0 unspecified atom stereocenters. The van der Waals surface area contributed by atoms with Crippen molar-refractivity contribution >= 4 is 17.7 Å². The average Bonchev–Trinajstić information content (AvgIpc) is 3.48. The van der Waals surface area contributed by atoms with E-state index in [1.807, 2.05) is 54.6 Å². The fourth-order valence-electron chi connectivity index (χ4n) is 7.46. The van der Waals surface area contributed by atoms with Crippen LogP contribution in [0.3, 0.4) is 0 Å². The van der Waals surface area contributed by atoms with E-state index in [1.165, 1.54) is 58.4 Å². The van der Waals surface area contributed by atoms with Crippen molar-refractivity contribution in [1.29, 1.82) is 0 Å². The number of hydrogen-bond donors (Lipinski definition) is 4. The number of likely N-dealkylation sites (tertiary alicyclic amines) is 2. The largest absolute Gasteiger partial charge is 0.490 e. The number of amides is 1.